The normalized spacial score (nSPS) is 11.8. The summed E-state index contributed by atoms with van der Waals surface area (Å²) in [5, 5.41) is 13.5. The van der Waals surface area contributed by atoms with Crippen LogP contribution >= 0.6 is 0 Å². The number of hydrogen-bond acceptors (Lipinski definition) is 5. The fourth-order valence-corrected chi connectivity index (χ4v) is 1.85. The van der Waals surface area contributed by atoms with Crippen molar-refractivity contribution in [2.75, 3.05) is 18.7 Å². The SMILES string of the molecule is O=C(O)CCCC(=O)CNC(=O)Nc1ccc2c(c1)OCO2. The molecule has 1 aliphatic rings. The van der Waals surface area contributed by atoms with Crippen molar-refractivity contribution >= 4 is 23.5 Å². The average molecular weight is 308 g/mol. The van der Waals surface area contributed by atoms with Gasteiger partial charge in [-0.3, -0.25) is 9.59 Å². The molecule has 0 saturated heterocycles. The number of Topliss-reactive ketones (excluding diaryl/α,β-unsaturated/α-hetero) is 1. The van der Waals surface area contributed by atoms with Gasteiger partial charge in [0.2, 0.25) is 6.79 Å². The Morgan fingerprint density at radius 1 is 1.14 bits per heavy atom. The predicted molar refractivity (Wildman–Crippen MR) is 76.1 cm³/mol. The van der Waals surface area contributed by atoms with Crippen LogP contribution in [0.4, 0.5) is 10.5 Å². The molecule has 22 heavy (non-hydrogen) atoms. The van der Waals surface area contributed by atoms with E-state index >= 15 is 0 Å². The summed E-state index contributed by atoms with van der Waals surface area (Å²) in [6.07, 6.45) is 0.325. The zero-order valence-corrected chi connectivity index (χ0v) is 11.8. The fourth-order valence-electron chi connectivity index (χ4n) is 1.85. The molecule has 8 nitrogen and oxygen atoms in total. The number of rotatable bonds is 7. The minimum atomic E-state index is -0.943. The Morgan fingerprint density at radius 3 is 2.68 bits per heavy atom. The molecular formula is C14H16N2O6. The van der Waals surface area contributed by atoms with Crippen LogP contribution in [0.15, 0.2) is 18.2 Å². The Labute approximate surface area is 126 Å². The Morgan fingerprint density at radius 2 is 1.91 bits per heavy atom. The number of ether oxygens (including phenoxy) is 2. The van der Waals surface area contributed by atoms with Crippen LogP contribution in [0, 0.1) is 0 Å². The summed E-state index contributed by atoms with van der Waals surface area (Å²) < 4.78 is 10.3. The Hall–Kier alpha value is -2.77. The van der Waals surface area contributed by atoms with Crippen molar-refractivity contribution in [2.24, 2.45) is 0 Å². The molecule has 2 rings (SSSR count). The van der Waals surface area contributed by atoms with Crippen molar-refractivity contribution in [3.63, 3.8) is 0 Å². The van der Waals surface area contributed by atoms with E-state index in [0.29, 0.717) is 17.2 Å². The molecule has 1 heterocycles. The highest BCUT2D eigenvalue weighted by Crippen LogP contribution is 2.34. The quantitative estimate of drug-likeness (QED) is 0.701. The van der Waals surface area contributed by atoms with E-state index in [-0.39, 0.29) is 38.4 Å². The molecule has 3 N–H and O–H groups in total. The van der Waals surface area contributed by atoms with Gasteiger partial charge < -0.3 is 25.2 Å². The monoisotopic (exact) mass is 308 g/mol. The number of amides is 2. The molecule has 0 atom stereocenters. The lowest BCUT2D eigenvalue weighted by Crippen LogP contribution is -2.33. The van der Waals surface area contributed by atoms with Gasteiger partial charge in [-0.05, 0) is 18.6 Å². The minimum absolute atomic E-state index is 0.0604. The smallest absolute Gasteiger partial charge is 0.319 e. The van der Waals surface area contributed by atoms with Crippen LogP contribution in [0.25, 0.3) is 0 Å². The van der Waals surface area contributed by atoms with Gasteiger partial charge >= 0.3 is 12.0 Å². The van der Waals surface area contributed by atoms with E-state index in [9.17, 15) is 14.4 Å². The van der Waals surface area contributed by atoms with Crippen molar-refractivity contribution in [1.82, 2.24) is 5.32 Å². The van der Waals surface area contributed by atoms with Gasteiger partial charge in [-0.2, -0.15) is 0 Å². The number of anilines is 1. The molecule has 1 aromatic rings. The predicted octanol–water partition coefficient (Wildman–Crippen LogP) is 1.36. The summed E-state index contributed by atoms with van der Waals surface area (Å²) in [4.78, 5) is 33.4. The van der Waals surface area contributed by atoms with Crippen LogP contribution in [0.1, 0.15) is 19.3 Å². The molecule has 118 valence electrons. The van der Waals surface area contributed by atoms with Gasteiger partial charge in [0, 0.05) is 24.6 Å². The van der Waals surface area contributed by atoms with E-state index in [1.54, 1.807) is 18.2 Å². The number of benzene rings is 1. The van der Waals surface area contributed by atoms with E-state index in [1.807, 2.05) is 0 Å². The van der Waals surface area contributed by atoms with Crippen molar-refractivity contribution in [1.29, 1.82) is 0 Å². The van der Waals surface area contributed by atoms with Crippen LogP contribution < -0.4 is 20.1 Å². The lowest BCUT2D eigenvalue weighted by molar-refractivity contribution is -0.137. The summed E-state index contributed by atoms with van der Waals surface area (Å²) >= 11 is 0. The first-order chi connectivity index (χ1) is 10.5. The first-order valence-electron chi connectivity index (χ1n) is 6.72. The molecule has 0 aliphatic carbocycles. The molecule has 0 aromatic heterocycles. The molecule has 0 radical (unpaired) electrons. The third-order valence-corrected chi connectivity index (χ3v) is 2.92. The number of ketones is 1. The summed E-state index contributed by atoms with van der Waals surface area (Å²) in [5.74, 6) is -0.00879. The highest BCUT2D eigenvalue weighted by atomic mass is 16.7. The summed E-state index contributed by atoms with van der Waals surface area (Å²) in [6.45, 7) is 0.00579. The average Bonchev–Trinajstić information content (AvgIpc) is 2.92. The van der Waals surface area contributed by atoms with E-state index in [1.165, 1.54) is 0 Å². The molecule has 0 fully saturated rings. The van der Waals surface area contributed by atoms with E-state index < -0.39 is 12.0 Å². The summed E-state index contributed by atoms with van der Waals surface area (Å²) in [6, 6.07) is 4.43. The molecule has 1 aromatic carbocycles. The molecule has 8 heteroatoms. The Bertz CT molecular complexity index is 587. The largest absolute Gasteiger partial charge is 0.481 e. The number of nitrogens with one attached hydrogen (secondary N) is 2. The third kappa shape index (κ3) is 4.65. The van der Waals surface area contributed by atoms with Gasteiger partial charge in [0.1, 0.15) is 0 Å². The van der Waals surface area contributed by atoms with E-state index in [2.05, 4.69) is 10.6 Å². The highest BCUT2D eigenvalue weighted by Gasteiger charge is 2.14. The molecule has 0 saturated carbocycles. The summed E-state index contributed by atoms with van der Waals surface area (Å²) in [5.41, 5.74) is 0.514. The maximum Gasteiger partial charge on any atom is 0.319 e. The number of urea groups is 1. The number of carboxylic acid groups (broad SMARTS) is 1. The second kappa shape index (κ2) is 7.30. The van der Waals surface area contributed by atoms with Crippen molar-refractivity contribution < 1.29 is 29.0 Å². The standard InChI is InChI=1S/C14H16N2O6/c17-10(2-1-3-13(18)19)7-15-14(20)16-9-4-5-11-12(6-9)22-8-21-11/h4-6H,1-3,7-8H2,(H,18,19)(H2,15,16,20). The third-order valence-electron chi connectivity index (χ3n) is 2.92. The number of aliphatic carboxylic acids is 1. The maximum atomic E-state index is 11.7. The zero-order valence-electron chi connectivity index (χ0n) is 11.8. The number of fused-ring (bicyclic) bond motifs is 1. The minimum Gasteiger partial charge on any atom is -0.481 e. The number of carbonyl (C=O) groups is 3. The topological polar surface area (TPSA) is 114 Å². The van der Waals surface area contributed by atoms with Crippen molar-refractivity contribution in [3.05, 3.63) is 18.2 Å². The molecule has 0 unspecified atom stereocenters. The first kappa shape index (κ1) is 15.6. The van der Waals surface area contributed by atoms with Crippen molar-refractivity contribution in [3.8, 4) is 11.5 Å². The van der Waals surface area contributed by atoms with Crippen LogP contribution in [0.3, 0.4) is 0 Å². The second-order valence-electron chi connectivity index (χ2n) is 4.66. The second-order valence-corrected chi connectivity index (χ2v) is 4.66. The first-order valence-corrected chi connectivity index (χ1v) is 6.72. The lowest BCUT2D eigenvalue weighted by Gasteiger charge is -2.07. The lowest BCUT2D eigenvalue weighted by atomic mass is 10.2. The van der Waals surface area contributed by atoms with E-state index in [4.69, 9.17) is 14.6 Å². The number of carboxylic acids is 1. The van der Waals surface area contributed by atoms with Crippen LogP contribution in [-0.4, -0.2) is 36.2 Å². The number of carbonyl (C=O) groups excluding carboxylic acids is 2. The van der Waals surface area contributed by atoms with E-state index in [0.717, 1.165) is 0 Å². The van der Waals surface area contributed by atoms with Gasteiger partial charge in [0.05, 0.1) is 6.54 Å². The molecule has 0 spiro atoms. The van der Waals surface area contributed by atoms with Gasteiger partial charge in [-0.15, -0.1) is 0 Å². The van der Waals surface area contributed by atoms with Crippen LogP contribution in [-0.2, 0) is 9.59 Å². The fraction of sp³-hybridized carbons (Fsp3) is 0.357. The Kier molecular flexibility index (Phi) is 5.18. The summed E-state index contributed by atoms with van der Waals surface area (Å²) in [7, 11) is 0. The van der Waals surface area contributed by atoms with Gasteiger partial charge in [-0.25, -0.2) is 4.79 Å². The van der Waals surface area contributed by atoms with Gasteiger partial charge in [0.15, 0.2) is 17.3 Å². The maximum absolute atomic E-state index is 11.7. The Balaban J connectivity index is 1.71. The highest BCUT2D eigenvalue weighted by molar-refractivity contribution is 5.93. The van der Waals surface area contributed by atoms with Crippen molar-refractivity contribution in [2.45, 2.75) is 19.3 Å². The van der Waals surface area contributed by atoms with Gasteiger partial charge in [-0.1, -0.05) is 0 Å². The van der Waals surface area contributed by atoms with Crippen LogP contribution in [0.2, 0.25) is 0 Å². The zero-order chi connectivity index (χ0) is 15.9. The molecule has 2 amide bonds. The van der Waals surface area contributed by atoms with Crippen LogP contribution in [0.5, 0.6) is 11.5 Å². The molecule has 1 aliphatic heterocycles. The van der Waals surface area contributed by atoms with Gasteiger partial charge in [0.25, 0.3) is 0 Å². The number of hydrogen-bond donors (Lipinski definition) is 3. The molecule has 0 bridgehead atoms. The molecular weight excluding hydrogens is 292 g/mol.